The molecule has 0 unspecified atom stereocenters. The molecule has 1 N–H and O–H groups in total. The molecule has 0 saturated heterocycles. The Balaban J connectivity index is 2.45. The van der Waals surface area contributed by atoms with E-state index in [0.29, 0.717) is 12.2 Å². The van der Waals surface area contributed by atoms with E-state index in [9.17, 15) is 9.90 Å². The van der Waals surface area contributed by atoms with Gasteiger partial charge >= 0.3 is 0 Å². The quantitative estimate of drug-likeness (QED) is 0.753. The number of phenols is 1. The molecular weight excluding hydrogens is 204 g/mol. The lowest BCUT2D eigenvalue weighted by Gasteiger charge is -2.06. The molecular formula is C13H18O3. The smallest absolute Gasteiger partial charge is 0.160 e. The van der Waals surface area contributed by atoms with Gasteiger partial charge in [0.1, 0.15) is 5.78 Å². The third kappa shape index (κ3) is 3.93. The van der Waals surface area contributed by atoms with Gasteiger partial charge in [-0.2, -0.15) is 0 Å². The minimum absolute atomic E-state index is 0.162. The Morgan fingerprint density at radius 2 is 2.12 bits per heavy atom. The van der Waals surface area contributed by atoms with Gasteiger partial charge in [-0.15, -0.1) is 0 Å². The second-order valence-corrected chi connectivity index (χ2v) is 3.92. The highest BCUT2D eigenvalue weighted by molar-refractivity contribution is 5.75. The van der Waals surface area contributed by atoms with Crippen molar-refractivity contribution in [1.82, 2.24) is 0 Å². The highest BCUT2D eigenvalue weighted by atomic mass is 16.5. The third-order valence-corrected chi connectivity index (χ3v) is 2.49. The summed E-state index contributed by atoms with van der Waals surface area (Å²) < 4.78 is 5.03. The summed E-state index contributed by atoms with van der Waals surface area (Å²) in [6, 6.07) is 5.36. The van der Waals surface area contributed by atoms with Crippen LogP contribution in [0.1, 0.15) is 31.7 Å². The van der Waals surface area contributed by atoms with Crippen LogP contribution in [0.3, 0.4) is 0 Å². The summed E-state index contributed by atoms with van der Waals surface area (Å²) >= 11 is 0. The van der Waals surface area contributed by atoms with Gasteiger partial charge in [-0.25, -0.2) is 0 Å². The number of unbranched alkanes of at least 4 members (excludes halogenated alkanes) is 1. The van der Waals surface area contributed by atoms with Gasteiger partial charge < -0.3 is 14.6 Å². The molecule has 3 heteroatoms. The Morgan fingerprint density at radius 3 is 2.75 bits per heavy atom. The standard InChI is InChI=1S/C13H18O3/c1-10(14)5-3-4-6-11-7-8-12(15)13(9-11)16-2/h7-9,15H,3-6H2,1-2H3. The second-order valence-electron chi connectivity index (χ2n) is 3.92. The summed E-state index contributed by atoms with van der Waals surface area (Å²) in [5.41, 5.74) is 1.12. The number of Topliss-reactive ketones (excluding diaryl/α,β-unsaturated/α-hetero) is 1. The van der Waals surface area contributed by atoms with Crippen LogP contribution in [0.4, 0.5) is 0 Å². The van der Waals surface area contributed by atoms with Crippen LogP contribution in [0.25, 0.3) is 0 Å². The van der Waals surface area contributed by atoms with Crippen molar-refractivity contribution in [2.75, 3.05) is 7.11 Å². The topological polar surface area (TPSA) is 46.5 Å². The maximum absolute atomic E-state index is 10.7. The van der Waals surface area contributed by atoms with E-state index in [4.69, 9.17) is 4.74 Å². The van der Waals surface area contributed by atoms with Crippen molar-refractivity contribution in [3.05, 3.63) is 23.8 Å². The number of aryl methyl sites for hydroxylation is 1. The first-order chi connectivity index (χ1) is 7.63. The molecule has 1 aromatic rings. The van der Waals surface area contributed by atoms with E-state index in [1.54, 1.807) is 13.0 Å². The molecule has 0 amide bonds. The molecule has 0 radical (unpaired) electrons. The minimum Gasteiger partial charge on any atom is -0.504 e. The van der Waals surface area contributed by atoms with E-state index < -0.39 is 0 Å². The fourth-order valence-electron chi connectivity index (χ4n) is 1.58. The molecule has 0 aromatic heterocycles. The summed E-state index contributed by atoms with van der Waals surface area (Å²) in [4.78, 5) is 10.7. The van der Waals surface area contributed by atoms with E-state index in [-0.39, 0.29) is 11.5 Å². The predicted octanol–water partition coefficient (Wildman–Crippen LogP) is 2.70. The number of methoxy groups -OCH3 is 1. The zero-order chi connectivity index (χ0) is 12.0. The molecule has 0 heterocycles. The monoisotopic (exact) mass is 222 g/mol. The number of phenolic OH excluding ortho intramolecular Hbond substituents is 1. The number of aromatic hydroxyl groups is 1. The molecule has 0 bridgehead atoms. The van der Waals surface area contributed by atoms with Gasteiger partial charge in [0.15, 0.2) is 11.5 Å². The average Bonchev–Trinajstić information content (AvgIpc) is 2.26. The Bertz CT molecular complexity index is 358. The summed E-state index contributed by atoms with van der Waals surface area (Å²) in [6.45, 7) is 1.61. The van der Waals surface area contributed by atoms with Gasteiger partial charge in [0, 0.05) is 6.42 Å². The van der Waals surface area contributed by atoms with E-state index in [1.807, 2.05) is 12.1 Å². The number of hydrogen-bond acceptors (Lipinski definition) is 3. The zero-order valence-corrected chi connectivity index (χ0v) is 9.82. The molecule has 0 aliphatic heterocycles. The third-order valence-electron chi connectivity index (χ3n) is 2.49. The number of ketones is 1. The summed E-state index contributed by atoms with van der Waals surface area (Å²) in [7, 11) is 1.54. The average molecular weight is 222 g/mol. The summed E-state index contributed by atoms with van der Waals surface area (Å²) in [6.07, 6.45) is 3.45. The van der Waals surface area contributed by atoms with E-state index in [2.05, 4.69) is 0 Å². The van der Waals surface area contributed by atoms with Crippen LogP contribution >= 0.6 is 0 Å². The van der Waals surface area contributed by atoms with Crippen LogP contribution in [-0.4, -0.2) is 18.0 Å². The molecule has 88 valence electrons. The molecule has 0 saturated carbocycles. The lowest BCUT2D eigenvalue weighted by atomic mass is 10.1. The highest BCUT2D eigenvalue weighted by Crippen LogP contribution is 2.26. The highest BCUT2D eigenvalue weighted by Gasteiger charge is 2.02. The van der Waals surface area contributed by atoms with Crippen LogP contribution in [0.15, 0.2) is 18.2 Å². The van der Waals surface area contributed by atoms with Gasteiger partial charge in [-0.05, 0) is 43.9 Å². The van der Waals surface area contributed by atoms with Crippen molar-refractivity contribution in [2.24, 2.45) is 0 Å². The maximum Gasteiger partial charge on any atom is 0.160 e. The number of hydrogen-bond donors (Lipinski definition) is 1. The summed E-state index contributed by atoms with van der Waals surface area (Å²) in [5, 5.41) is 9.41. The lowest BCUT2D eigenvalue weighted by Crippen LogP contribution is -1.92. The number of ether oxygens (including phenoxy) is 1. The van der Waals surface area contributed by atoms with Crippen LogP contribution in [0.2, 0.25) is 0 Å². The fraction of sp³-hybridized carbons (Fsp3) is 0.462. The Morgan fingerprint density at radius 1 is 1.38 bits per heavy atom. The molecule has 1 aromatic carbocycles. The molecule has 1 rings (SSSR count). The molecule has 3 nitrogen and oxygen atoms in total. The number of rotatable bonds is 6. The van der Waals surface area contributed by atoms with Gasteiger partial charge in [0.2, 0.25) is 0 Å². The van der Waals surface area contributed by atoms with E-state index in [0.717, 1.165) is 24.8 Å². The molecule has 0 fully saturated rings. The number of carbonyl (C=O) groups is 1. The maximum atomic E-state index is 10.7. The Labute approximate surface area is 96.1 Å². The van der Waals surface area contributed by atoms with Crippen molar-refractivity contribution in [3.8, 4) is 11.5 Å². The largest absolute Gasteiger partial charge is 0.504 e. The zero-order valence-electron chi connectivity index (χ0n) is 9.82. The first kappa shape index (κ1) is 12.6. The predicted molar refractivity (Wildman–Crippen MR) is 62.9 cm³/mol. The first-order valence-electron chi connectivity index (χ1n) is 5.49. The van der Waals surface area contributed by atoms with E-state index >= 15 is 0 Å². The van der Waals surface area contributed by atoms with Gasteiger partial charge in [-0.1, -0.05) is 6.07 Å². The van der Waals surface area contributed by atoms with Crippen molar-refractivity contribution < 1.29 is 14.6 Å². The van der Waals surface area contributed by atoms with Crippen LogP contribution in [0, 0.1) is 0 Å². The minimum atomic E-state index is 0.162. The van der Waals surface area contributed by atoms with Crippen LogP contribution in [0.5, 0.6) is 11.5 Å². The second kappa shape index (κ2) is 6.16. The normalized spacial score (nSPS) is 10.1. The number of benzene rings is 1. The van der Waals surface area contributed by atoms with Crippen LogP contribution in [-0.2, 0) is 11.2 Å². The summed E-state index contributed by atoms with van der Waals surface area (Å²) in [5.74, 6) is 0.905. The molecule has 0 atom stereocenters. The van der Waals surface area contributed by atoms with Crippen molar-refractivity contribution in [3.63, 3.8) is 0 Å². The Hall–Kier alpha value is -1.51. The van der Waals surface area contributed by atoms with Gasteiger partial charge in [-0.3, -0.25) is 0 Å². The first-order valence-corrected chi connectivity index (χ1v) is 5.49. The SMILES string of the molecule is COc1cc(CCCCC(C)=O)ccc1O. The van der Waals surface area contributed by atoms with Crippen molar-refractivity contribution in [1.29, 1.82) is 0 Å². The molecule has 0 aliphatic carbocycles. The van der Waals surface area contributed by atoms with Crippen molar-refractivity contribution in [2.45, 2.75) is 32.6 Å². The Kier molecular flexibility index (Phi) is 4.83. The van der Waals surface area contributed by atoms with Gasteiger partial charge in [0.05, 0.1) is 7.11 Å². The number of carbonyl (C=O) groups excluding carboxylic acids is 1. The lowest BCUT2D eigenvalue weighted by molar-refractivity contribution is -0.117. The molecule has 0 aliphatic rings. The van der Waals surface area contributed by atoms with Crippen molar-refractivity contribution >= 4 is 5.78 Å². The van der Waals surface area contributed by atoms with Gasteiger partial charge in [0.25, 0.3) is 0 Å². The fourth-order valence-corrected chi connectivity index (χ4v) is 1.58. The van der Waals surface area contributed by atoms with Crippen LogP contribution < -0.4 is 4.74 Å². The van der Waals surface area contributed by atoms with E-state index in [1.165, 1.54) is 7.11 Å². The molecule has 0 spiro atoms. The molecule has 16 heavy (non-hydrogen) atoms.